The van der Waals surface area contributed by atoms with Gasteiger partial charge in [-0.2, -0.15) is 0 Å². The van der Waals surface area contributed by atoms with Crippen LogP contribution in [0.5, 0.6) is 11.5 Å². The van der Waals surface area contributed by atoms with Gasteiger partial charge in [0.2, 0.25) is 0 Å². The van der Waals surface area contributed by atoms with Crippen molar-refractivity contribution in [1.29, 1.82) is 0 Å². The van der Waals surface area contributed by atoms with Crippen molar-refractivity contribution in [3.8, 4) is 11.5 Å². The molecule has 2 aliphatic carbocycles. The highest BCUT2D eigenvalue weighted by molar-refractivity contribution is 5.95. The lowest BCUT2D eigenvalue weighted by atomic mass is 10.0. The van der Waals surface area contributed by atoms with Crippen molar-refractivity contribution >= 4 is 5.91 Å². The van der Waals surface area contributed by atoms with Crippen LogP contribution in [0.3, 0.4) is 0 Å². The maximum absolute atomic E-state index is 13.1. The Morgan fingerprint density at radius 3 is 2.43 bits per heavy atom. The minimum absolute atomic E-state index is 0.0550. The Hall–Kier alpha value is -2.50. The number of amides is 1. The molecule has 2 aromatic rings. The number of rotatable bonds is 8. The maximum Gasteiger partial charge on any atom is 0.254 e. The van der Waals surface area contributed by atoms with Crippen LogP contribution in [0.15, 0.2) is 22.7 Å². The summed E-state index contributed by atoms with van der Waals surface area (Å²) in [6.45, 7) is 4.10. The standard InChI is InChI=1S/C22H28N2O4/c1-13-18(14(2)28-23-13)12-27-19-10-9-17(11-20(19)26-4)22(25)24(3)21(15-5-6-15)16-7-8-16/h9-11,15-16,21H,5-8,12H2,1-4H3. The maximum atomic E-state index is 13.1. The second-order valence-corrected chi connectivity index (χ2v) is 8.04. The first kappa shape index (κ1) is 18.8. The lowest BCUT2D eigenvalue weighted by Crippen LogP contribution is -2.40. The molecule has 0 aliphatic heterocycles. The van der Waals surface area contributed by atoms with Gasteiger partial charge in [-0.15, -0.1) is 0 Å². The van der Waals surface area contributed by atoms with Gasteiger partial charge in [0.05, 0.1) is 18.4 Å². The van der Waals surface area contributed by atoms with Gasteiger partial charge in [-0.25, -0.2) is 0 Å². The van der Waals surface area contributed by atoms with E-state index in [2.05, 4.69) is 5.16 Å². The average Bonchev–Trinajstić information content (AvgIpc) is 3.62. The van der Waals surface area contributed by atoms with Gasteiger partial charge in [0.25, 0.3) is 5.91 Å². The number of hydrogen-bond acceptors (Lipinski definition) is 5. The Labute approximate surface area is 165 Å². The van der Waals surface area contributed by atoms with Gasteiger partial charge in [0.1, 0.15) is 12.4 Å². The summed E-state index contributed by atoms with van der Waals surface area (Å²) in [4.78, 5) is 15.0. The SMILES string of the molecule is COc1cc(C(=O)N(C)C(C2CC2)C2CC2)ccc1OCc1c(C)noc1C. The van der Waals surface area contributed by atoms with E-state index in [9.17, 15) is 4.79 Å². The van der Waals surface area contributed by atoms with Crippen molar-refractivity contribution in [3.05, 3.63) is 40.8 Å². The van der Waals surface area contributed by atoms with E-state index in [4.69, 9.17) is 14.0 Å². The molecule has 1 amide bonds. The molecular formula is C22H28N2O4. The molecule has 0 spiro atoms. The van der Waals surface area contributed by atoms with Crippen molar-refractivity contribution in [1.82, 2.24) is 10.1 Å². The van der Waals surface area contributed by atoms with Crippen molar-refractivity contribution < 1.29 is 18.8 Å². The Kier molecular flexibility index (Phi) is 5.04. The molecule has 0 saturated heterocycles. The van der Waals surface area contributed by atoms with Crippen molar-refractivity contribution in [2.24, 2.45) is 11.8 Å². The van der Waals surface area contributed by atoms with Gasteiger partial charge >= 0.3 is 0 Å². The summed E-state index contributed by atoms with van der Waals surface area (Å²) in [7, 11) is 3.53. The Morgan fingerprint density at radius 1 is 1.21 bits per heavy atom. The third-order valence-electron chi connectivity index (χ3n) is 5.94. The number of carbonyl (C=O) groups excluding carboxylic acids is 1. The van der Waals surface area contributed by atoms with E-state index in [1.807, 2.05) is 31.9 Å². The highest BCUT2D eigenvalue weighted by Crippen LogP contribution is 2.47. The van der Waals surface area contributed by atoms with Crippen LogP contribution >= 0.6 is 0 Å². The van der Waals surface area contributed by atoms with E-state index in [0.29, 0.717) is 41.5 Å². The van der Waals surface area contributed by atoms with Gasteiger partial charge in [-0.1, -0.05) is 5.16 Å². The molecule has 6 nitrogen and oxygen atoms in total. The minimum atomic E-state index is 0.0550. The third-order valence-corrected chi connectivity index (χ3v) is 5.94. The summed E-state index contributed by atoms with van der Waals surface area (Å²) in [5.41, 5.74) is 2.38. The fourth-order valence-corrected chi connectivity index (χ4v) is 4.01. The lowest BCUT2D eigenvalue weighted by Gasteiger charge is -2.28. The van der Waals surface area contributed by atoms with Crippen LogP contribution in [0.2, 0.25) is 0 Å². The van der Waals surface area contributed by atoms with Crippen LogP contribution in [0.25, 0.3) is 0 Å². The zero-order chi connectivity index (χ0) is 19.8. The van der Waals surface area contributed by atoms with Crippen molar-refractivity contribution in [2.45, 2.75) is 52.2 Å². The number of methoxy groups -OCH3 is 1. The second kappa shape index (κ2) is 7.49. The molecule has 1 aromatic heterocycles. The average molecular weight is 384 g/mol. The molecule has 2 fully saturated rings. The van der Waals surface area contributed by atoms with E-state index >= 15 is 0 Å². The van der Waals surface area contributed by atoms with Crippen LogP contribution in [0, 0.1) is 25.7 Å². The highest BCUT2D eigenvalue weighted by atomic mass is 16.5. The monoisotopic (exact) mass is 384 g/mol. The molecular weight excluding hydrogens is 356 g/mol. The molecule has 0 atom stereocenters. The topological polar surface area (TPSA) is 64.8 Å². The summed E-state index contributed by atoms with van der Waals surface area (Å²) >= 11 is 0. The normalized spacial score (nSPS) is 16.3. The molecule has 1 heterocycles. The molecule has 0 radical (unpaired) electrons. The Balaban J connectivity index is 1.49. The van der Waals surface area contributed by atoms with E-state index in [1.54, 1.807) is 19.2 Å². The summed E-state index contributed by atoms with van der Waals surface area (Å²) in [5, 5.41) is 3.95. The van der Waals surface area contributed by atoms with Gasteiger partial charge in [-0.05, 0) is 69.6 Å². The molecule has 0 N–H and O–H groups in total. The largest absolute Gasteiger partial charge is 0.493 e. The summed E-state index contributed by atoms with van der Waals surface area (Å²) in [6.07, 6.45) is 4.99. The number of ether oxygens (including phenoxy) is 2. The van der Waals surface area contributed by atoms with Gasteiger partial charge < -0.3 is 18.9 Å². The Bertz CT molecular complexity index is 836. The first-order chi connectivity index (χ1) is 13.5. The number of nitrogens with zero attached hydrogens (tertiary/aromatic N) is 2. The predicted octanol–water partition coefficient (Wildman–Crippen LogP) is 4.14. The summed E-state index contributed by atoms with van der Waals surface area (Å²) in [6, 6.07) is 5.79. The van der Waals surface area contributed by atoms with E-state index in [-0.39, 0.29) is 5.91 Å². The number of aromatic nitrogens is 1. The number of benzene rings is 1. The lowest BCUT2D eigenvalue weighted by molar-refractivity contribution is 0.0689. The zero-order valence-corrected chi connectivity index (χ0v) is 17.0. The van der Waals surface area contributed by atoms with Crippen LogP contribution in [0.4, 0.5) is 0 Å². The molecule has 4 rings (SSSR count). The Morgan fingerprint density at radius 2 is 1.89 bits per heavy atom. The van der Waals surface area contributed by atoms with Gasteiger partial charge in [0, 0.05) is 18.7 Å². The van der Waals surface area contributed by atoms with Gasteiger partial charge in [-0.3, -0.25) is 4.79 Å². The molecule has 0 bridgehead atoms. The van der Waals surface area contributed by atoms with E-state index < -0.39 is 0 Å². The van der Waals surface area contributed by atoms with Crippen molar-refractivity contribution in [2.75, 3.05) is 14.2 Å². The third kappa shape index (κ3) is 3.73. The number of hydrogen-bond donors (Lipinski definition) is 0. The molecule has 2 aliphatic rings. The zero-order valence-electron chi connectivity index (χ0n) is 17.0. The highest BCUT2D eigenvalue weighted by Gasteiger charge is 2.45. The smallest absolute Gasteiger partial charge is 0.254 e. The molecule has 2 saturated carbocycles. The van der Waals surface area contributed by atoms with Crippen LogP contribution in [-0.2, 0) is 6.61 Å². The first-order valence-electron chi connectivity index (χ1n) is 9.99. The molecule has 0 unspecified atom stereocenters. The van der Waals surface area contributed by atoms with Crippen LogP contribution < -0.4 is 9.47 Å². The second-order valence-electron chi connectivity index (χ2n) is 8.04. The predicted molar refractivity (Wildman–Crippen MR) is 105 cm³/mol. The molecule has 1 aromatic carbocycles. The van der Waals surface area contributed by atoms with E-state index in [1.165, 1.54) is 25.7 Å². The molecule has 6 heteroatoms. The van der Waals surface area contributed by atoms with Gasteiger partial charge in [0.15, 0.2) is 11.5 Å². The fraction of sp³-hybridized carbons (Fsp3) is 0.545. The van der Waals surface area contributed by atoms with Crippen molar-refractivity contribution in [3.63, 3.8) is 0 Å². The fourth-order valence-electron chi connectivity index (χ4n) is 4.01. The quantitative estimate of drug-likeness (QED) is 0.684. The van der Waals surface area contributed by atoms with E-state index in [0.717, 1.165) is 17.0 Å². The number of carbonyl (C=O) groups is 1. The molecule has 150 valence electrons. The first-order valence-corrected chi connectivity index (χ1v) is 9.99. The number of aryl methyl sites for hydroxylation is 2. The summed E-state index contributed by atoms with van der Waals surface area (Å²) < 4.78 is 16.6. The van der Waals surface area contributed by atoms with Crippen LogP contribution in [0.1, 0.15) is 53.1 Å². The minimum Gasteiger partial charge on any atom is -0.493 e. The van der Waals surface area contributed by atoms with Crippen LogP contribution in [-0.4, -0.2) is 36.2 Å². The summed E-state index contributed by atoms with van der Waals surface area (Å²) in [5.74, 6) is 3.32. The molecule has 28 heavy (non-hydrogen) atoms.